The highest BCUT2D eigenvalue weighted by Gasteiger charge is 2.06. The summed E-state index contributed by atoms with van der Waals surface area (Å²) in [7, 11) is 0. The van der Waals surface area contributed by atoms with Crippen molar-refractivity contribution in [3.05, 3.63) is 36.4 Å². The second-order valence-corrected chi connectivity index (χ2v) is 8.67. The Balaban J connectivity index is 2.25. The third kappa shape index (κ3) is 4.58. The van der Waals surface area contributed by atoms with Gasteiger partial charge in [-0.1, -0.05) is 11.8 Å². The molecule has 0 amide bonds. The van der Waals surface area contributed by atoms with Gasteiger partial charge in [0, 0.05) is 29.4 Å². The van der Waals surface area contributed by atoms with Crippen LogP contribution in [0, 0.1) is 0 Å². The molecular formula is C16H18S5. The van der Waals surface area contributed by atoms with E-state index in [-0.39, 0.29) is 0 Å². The summed E-state index contributed by atoms with van der Waals surface area (Å²) in [6.45, 7) is 0. The zero-order valence-electron chi connectivity index (χ0n) is 12.5. The molecule has 0 fully saturated rings. The zero-order chi connectivity index (χ0) is 15.2. The van der Waals surface area contributed by atoms with Crippen molar-refractivity contribution in [1.82, 2.24) is 0 Å². The van der Waals surface area contributed by atoms with Crippen LogP contribution in [0.1, 0.15) is 0 Å². The Bertz CT molecular complexity index is 556. The molecule has 0 saturated carbocycles. The molecule has 2 rings (SSSR count). The molecule has 2 aromatic rings. The summed E-state index contributed by atoms with van der Waals surface area (Å²) in [5, 5.41) is 0. The van der Waals surface area contributed by atoms with Crippen LogP contribution in [-0.2, 0) is 0 Å². The van der Waals surface area contributed by atoms with Gasteiger partial charge >= 0.3 is 0 Å². The minimum atomic E-state index is 1.31. The van der Waals surface area contributed by atoms with Crippen molar-refractivity contribution in [2.45, 2.75) is 29.4 Å². The third-order valence-electron chi connectivity index (χ3n) is 2.95. The molecule has 2 aromatic carbocycles. The van der Waals surface area contributed by atoms with Crippen LogP contribution in [0.5, 0.6) is 0 Å². The molecule has 0 unspecified atom stereocenters. The molecule has 0 nitrogen and oxygen atoms in total. The second kappa shape index (κ2) is 8.73. The van der Waals surface area contributed by atoms with Gasteiger partial charge in [0.15, 0.2) is 0 Å². The Kier molecular flexibility index (Phi) is 7.29. The first-order valence-corrected chi connectivity index (χ1v) is 12.0. The van der Waals surface area contributed by atoms with Gasteiger partial charge in [-0.05, 0) is 61.4 Å². The van der Waals surface area contributed by atoms with Gasteiger partial charge in [0.25, 0.3) is 0 Å². The smallest absolute Gasteiger partial charge is 0.0216 e. The first-order chi connectivity index (χ1) is 10.2. The average Bonchev–Trinajstić information content (AvgIpc) is 2.54. The Morgan fingerprint density at radius 2 is 0.905 bits per heavy atom. The maximum atomic E-state index is 2.29. The van der Waals surface area contributed by atoms with E-state index in [4.69, 9.17) is 0 Å². The topological polar surface area (TPSA) is 0 Å². The first-order valence-electron chi connectivity index (χ1n) is 6.33. The summed E-state index contributed by atoms with van der Waals surface area (Å²) in [6, 6.07) is 13.5. The highest BCUT2D eigenvalue weighted by atomic mass is 32.2. The van der Waals surface area contributed by atoms with Crippen LogP contribution in [0.25, 0.3) is 0 Å². The van der Waals surface area contributed by atoms with Gasteiger partial charge in [-0.15, -0.1) is 47.0 Å². The number of rotatable bonds is 6. The molecule has 0 bridgehead atoms. The van der Waals surface area contributed by atoms with Crippen molar-refractivity contribution in [1.29, 1.82) is 0 Å². The van der Waals surface area contributed by atoms with Gasteiger partial charge in [-0.2, -0.15) is 0 Å². The van der Waals surface area contributed by atoms with E-state index in [0.717, 1.165) is 0 Å². The fraction of sp³-hybridized carbons (Fsp3) is 0.250. The second-order valence-electron chi connectivity index (χ2n) is 4.14. The van der Waals surface area contributed by atoms with Crippen molar-refractivity contribution >= 4 is 58.8 Å². The minimum absolute atomic E-state index is 1.31. The molecule has 0 radical (unpaired) electrons. The Labute approximate surface area is 149 Å². The molecule has 0 aliphatic heterocycles. The highest BCUT2D eigenvalue weighted by Crippen LogP contribution is 2.38. The molecule has 0 aromatic heterocycles. The largest absolute Gasteiger partial charge is 0.128 e. The van der Waals surface area contributed by atoms with Gasteiger partial charge in [-0.25, -0.2) is 0 Å². The molecule has 0 heterocycles. The molecular weight excluding hydrogens is 353 g/mol. The lowest BCUT2D eigenvalue weighted by molar-refractivity contribution is 1.17. The average molecular weight is 371 g/mol. The van der Waals surface area contributed by atoms with Gasteiger partial charge in [0.1, 0.15) is 0 Å². The number of hydrogen-bond donors (Lipinski definition) is 0. The van der Waals surface area contributed by atoms with Crippen LogP contribution < -0.4 is 0 Å². The van der Waals surface area contributed by atoms with Crippen molar-refractivity contribution in [3.8, 4) is 0 Å². The lowest BCUT2D eigenvalue weighted by atomic mass is 10.3. The van der Waals surface area contributed by atoms with Crippen molar-refractivity contribution < 1.29 is 0 Å². The van der Waals surface area contributed by atoms with Gasteiger partial charge in [-0.3, -0.25) is 0 Å². The molecule has 0 spiro atoms. The van der Waals surface area contributed by atoms with Crippen LogP contribution in [-0.4, -0.2) is 25.0 Å². The number of benzene rings is 2. The van der Waals surface area contributed by atoms with Crippen molar-refractivity contribution in [2.75, 3.05) is 25.0 Å². The maximum Gasteiger partial charge on any atom is 0.0216 e. The monoisotopic (exact) mass is 370 g/mol. The predicted molar refractivity (Wildman–Crippen MR) is 104 cm³/mol. The predicted octanol–water partition coefficient (Wildman–Crippen LogP) is 6.73. The standard InChI is InChI=1S/C16H18S5/c1-17-13-7-5-11(9-15(13)19-3)21-12-6-8-14(18-2)16(10-12)20-4/h5-10H,1-4H3. The third-order valence-corrected chi connectivity index (χ3v) is 7.33. The summed E-state index contributed by atoms with van der Waals surface area (Å²) in [5.41, 5.74) is 0. The van der Waals surface area contributed by atoms with Crippen molar-refractivity contribution in [2.24, 2.45) is 0 Å². The van der Waals surface area contributed by atoms with Crippen molar-refractivity contribution in [3.63, 3.8) is 0 Å². The number of hydrogen-bond acceptors (Lipinski definition) is 5. The van der Waals surface area contributed by atoms with Crippen LogP contribution in [0.2, 0.25) is 0 Å². The van der Waals surface area contributed by atoms with Crippen LogP contribution >= 0.6 is 58.8 Å². The molecule has 0 N–H and O–H groups in total. The van der Waals surface area contributed by atoms with Gasteiger partial charge in [0.05, 0.1) is 0 Å². The normalized spacial score (nSPS) is 10.9. The van der Waals surface area contributed by atoms with E-state index in [2.05, 4.69) is 61.4 Å². The fourth-order valence-corrected chi connectivity index (χ4v) is 5.90. The fourth-order valence-electron chi connectivity index (χ4n) is 1.90. The van der Waals surface area contributed by atoms with Crippen LogP contribution in [0.4, 0.5) is 0 Å². The molecule has 0 aliphatic rings. The van der Waals surface area contributed by atoms with E-state index in [9.17, 15) is 0 Å². The molecule has 0 aliphatic carbocycles. The summed E-state index contributed by atoms with van der Waals surface area (Å²) in [5.74, 6) is 0. The lowest BCUT2D eigenvalue weighted by Crippen LogP contribution is -1.82. The summed E-state index contributed by atoms with van der Waals surface area (Å²) >= 11 is 9.09. The van der Waals surface area contributed by atoms with E-state index < -0.39 is 0 Å². The first kappa shape index (κ1) is 17.5. The Hall–Kier alpha value is 0.190. The highest BCUT2D eigenvalue weighted by molar-refractivity contribution is 8.02. The van der Waals surface area contributed by atoms with E-state index in [1.54, 1.807) is 0 Å². The van der Waals surface area contributed by atoms with Gasteiger partial charge < -0.3 is 0 Å². The van der Waals surface area contributed by atoms with Crippen LogP contribution in [0.15, 0.2) is 65.8 Å². The molecule has 0 atom stereocenters. The zero-order valence-corrected chi connectivity index (χ0v) is 16.6. The molecule has 0 saturated heterocycles. The Morgan fingerprint density at radius 1 is 0.524 bits per heavy atom. The molecule has 21 heavy (non-hydrogen) atoms. The summed E-state index contributed by atoms with van der Waals surface area (Å²) in [6.07, 6.45) is 8.55. The van der Waals surface area contributed by atoms with Crippen LogP contribution in [0.3, 0.4) is 0 Å². The minimum Gasteiger partial charge on any atom is -0.128 e. The van der Waals surface area contributed by atoms with E-state index in [1.807, 2.05) is 58.8 Å². The maximum absolute atomic E-state index is 2.29. The summed E-state index contributed by atoms with van der Waals surface area (Å²) < 4.78 is 0. The SMILES string of the molecule is CSc1ccc(Sc2ccc(SC)c(SC)c2)cc1SC. The van der Waals surface area contributed by atoms with Gasteiger partial charge in [0.2, 0.25) is 0 Å². The molecule has 112 valence electrons. The Morgan fingerprint density at radius 3 is 1.24 bits per heavy atom. The van der Waals surface area contributed by atoms with E-state index >= 15 is 0 Å². The quantitative estimate of drug-likeness (QED) is 0.516. The summed E-state index contributed by atoms with van der Waals surface area (Å²) in [4.78, 5) is 8.04. The van der Waals surface area contributed by atoms with E-state index in [0.29, 0.717) is 0 Å². The molecule has 5 heteroatoms. The number of thioether (sulfide) groups is 4. The lowest BCUT2D eigenvalue weighted by Gasteiger charge is -2.10. The van der Waals surface area contributed by atoms with E-state index in [1.165, 1.54) is 29.4 Å².